The highest BCUT2D eigenvalue weighted by molar-refractivity contribution is 9.09. The fourth-order valence-electron chi connectivity index (χ4n) is 2.45. The van der Waals surface area contributed by atoms with E-state index in [0.29, 0.717) is 5.92 Å². The molecular formula is C12H14BrNO2. The van der Waals surface area contributed by atoms with Gasteiger partial charge < -0.3 is 0 Å². The van der Waals surface area contributed by atoms with E-state index >= 15 is 0 Å². The van der Waals surface area contributed by atoms with E-state index in [4.69, 9.17) is 0 Å². The molecule has 4 heteroatoms. The molecule has 0 radical (unpaired) electrons. The fraction of sp³-hybridized carbons (Fsp3) is 0.500. The van der Waals surface area contributed by atoms with Crippen LogP contribution in [0, 0.1) is 10.1 Å². The lowest BCUT2D eigenvalue weighted by molar-refractivity contribution is -0.384. The number of halogens is 1. The van der Waals surface area contributed by atoms with Crippen LogP contribution in [0.1, 0.15) is 36.3 Å². The van der Waals surface area contributed by atoms with Gasteiger partial charge in [0.25, 0.3) is 5.69 Å². The number of alkyl halides is 1. The van der Waals surface area contributed by atoms with Crippen LogP contribution < -0.4 is 0 Å². The van der Waals surface area contributed by atoms with Crippen molar-refractivity contribution in [1.29, 1.82) is 0 Å². The van der Waals surface area contributed by atoms with Gasteiger partial charge >= 0.3 is 0 Å². The van der Waals surface area contributed by atoms with Crippen molar-refractivity contribution in [2.75, 3.05) is 5.33 Å². The molecule has 0 heterocycles. The molecule has 0 bridgehead atoms. The Bertz CT molecular complexity index is 406. The molecule has 86 valence electrons. The second kappa shape index (κ2) is 4.95. The quantitative estimate of drug-likeness (QED) is 0.481. The number of non-ortho nitro benzene ring substituents is 1. The summed E-state index contributed by atoms with van der Waals surface area (Å²) in [6, 6.07) is 5.32. The van der Waals surface area contributed by atoms with Gasteiger partial charge in [0.15, 0.2) is 0 Å². The number of benzene rings is 1. The predicted molar refractivity (Wildman–Crippen MR) is 67.2 cm³/mol. The van der Waals surface area contributed by atoms with Crippen LogP contribution >= 0.6 is 15.9 Å². The van der Waals surface area contributed by atoms with Crippen LogP contribution in [-0.4, -0.2) is 10.3 Å². The second-order valence-corrected chi connectivity index (χ2v) is 5.00. The van der Waals surface area contributed by atoms with E-state index < -0.39 is 0 Å². The van der Waals surface area contributed by atoms with Crippen LogP contribution in [0.15, 0.2) is 18.2 Å². The number of aryl methyl sites for hydroxylation is 1. The van der Waals surface area contributed by atoms with Crippen molar-refractivity contribution in [3.63, 3.8) is 0 Å². The van der Waals surface area contributed by atoms with E-state index in [2.05, 4.69) is 15.9 Å². The molecule has 0 amide bonds. The molecule has 16 heavy (non-hydrogen) atoms. The summed E-state index contributed by atoms with van der Waals surface area (Å²) in [6.07, 6.45) is 4.45. The lowest BCUT2D eigenvalue weighted by Crippen LogP contribution is -2.10. The number of nitrogens with zero attached hydrogens (tertiary/aromatic N) is 1. The summed E-state index contributed by atoms with van der Waals surface area (Å²) in [5.41, 5.74) is 2.71. The fourth-order valence-corrected chi connectivity index (χ4v) is 3.00. The van der Waals surface area contributed by atoms with E-state index in [1.807, 2.05) is 6.07 Å². The van der Waals surface area contributed by atoms with Gasteiger partial charge in [-0.2, -0.15) is 0 Å². The third-order valence-electron chi connectivity index (χ3n) is 3.23. The Morgan fingerprint density at radius 2 is 2.31 bits per heavy atom. The Kier molecular flexibility index (Phi) is 3.59. The van der Waals surface area contributed by atoms with Crippen LogP contribution in [0.4, 0.5) is 5.69 Å². The molecule has 2 rings (SSSR count). The predicted octanol–water partition coefficient (Wildman–Crippen LogP) is 3.80. The molecule has 0 saturated carbocycles. The average Bonchev–Trinajstić information content (AvgIpc) is 2.29. The molecule has 0 fully saturated rings. The van der Waals surface area contributed by atoms with E-state index in [0.717, 1.165) is 24.6 Å². The molecule has 3 nitrogen and oxygen atoms in total. The van der Waals surface area contributed by atoms with E-state index in [-0.39, 0.29) is 10.6 Å². The molecular weight excluding hydrogens is 270 g/mol. The van der Waals surface area contributed by atoms with Gasteiger partial charge in [-0.25, -0.2) is 0 Å². The first-order valence-electron chi connectivity index (χ1n) is 5.55. The summed E-state index contributed by atoms with van der Waals surface area (Å²) in [7, 11) is 0. The second-order valence-electron chi connectivity index (χ2n) is 4.21. The highest BCUT2D eigenvalue weighted by atomic mass is 79.9. The van der Waals surface area contributed by atoms with Gasteiger partial charge in [-0.15, -0.1) is 0 Å². The summed E-state index contributed by atoms with van der Waals surface area (Å²) in [4.78, 5) is 10.4. The van der Waals surface area contributed by atoms with Gasteiger partial charge in [-0.3, -0.25) is 10.1 Å². The first-order valence-corrected chi connectivity index (χ1v) is 6.67. The van der Waals surface area contributed by atoms with E-state index in [1.54, 1.807) is 12.1 Å². The maximum absolute atomic E-state index is 10.7. The minimum absolute atomic E-state index is 0.221. The Hall–Kier alpha value is -0.900. The summed E-state index contributed by atoms with van der Waals surface area (Å²) >= 11 is 3.47. The Morgan fingerprint density at radius 3 is 3.00 bits per heavy atom. The topological polar surface area (TPSA) is 43.1 Å². The number of fused-ring (bicyclic) bond motifs is 1. The zero-order chi connectivity index (χ0) is 11.5. The monoisotopic (exact) mass is 283 g/mol. The maximum Gasteiger partial charge on any atom is 0.269 e. The van der Waals surface area contributed by atoms with E-state index in [9.17, 15) is 10.1 Å². The first-order chi connectivity index (χ1) is 7.72. The third kappa shape index (κ3) is 2.26. The normalized spacial score (nSPS) is 19.2. The number of hydrogen-bond acceptors (Lipinski definition) is 2. The molecule has 1 atom stereocenters. The minimum atomic E-state index is -0.311. The lowest BCUT2D eigenvalue weighted by Gasteiger charge is -2.24. The van der Waals surface area contributed by atoms with Crippen LogP contribution in [0.5, 0.6) is 0 Å². The summed E-state index contributed by atoms with van der Waals surface area (Å²) < 4.78 is 0. The van der Waals surface area contributed by atoms with Crippen LogP contribution in [0.25, 0.3) is 0 Å². The number of rotatable bonds is 3. The average molecular weight is 284 g/mol. The van der Waals surface area contributed by atoms with Gasteiger partial charge in [-0.1, -0.05) is 22.0 Å². The number of nitro groups is 1. The number of nitro benzene ring substituents is 1. The lowest BCUT2D eigenvalue weighted by atomic mass is 9.81. The van der Waals surface area contributed by atoms with Crippen molar-refractivity contribution in [3.8, 4) is 0 Å². The summed E-state index contributed by atoms with van der Waals surface area (Å²) in [5.74, 6) is 0.573. The standard InChI is InChI=1S/C12H14BrNO2/c13-7-6-9-2-1-3-10-8-11(14(15)16)4-5-12(9)10/h4-5,8-9H,1-3,6-7H2. The molecule has 1 aliphatic rings. The third-order valence-corrected chi connectivity index (χ3v) is 3.69. The van der Waals surface area contributed by atoms with Crippen molar-refractivity contribution < 1.29 is 4.92 Å². The largest absolute Gasteiger partial charge is 0.269 e. The molecule has 0 aliphatic heterocycles. The van der Waals surface area contributed by atoms with Crippen molar-refractivity contribution in [2.45, 2.75) is 31.6 Å². The molecule has 1 aliphatic carbocycles. The Labute approximate surface area is 103 Å². The van der Waals surface area contributed by atoms with Gasteiger partial charge in [0.1, 0.15) is 0 Å². The number of hydrogen-bond donors (Lipinski definition) is 0. The SMILES string of the molecule is O=[N+]([O-])c1ccc2c(c1)CCCC2CCBr. The molecule has 0 saturated heterocycles. The van der Waals surface area contributed by atoms with Crippen molar-refractivity contribution in [2.24, 2.45) is 0 Å². The molecule has 0 spiro atoms. The Balaban J connectivity index is 2.32. The molecule has 1 aromatic rings. The van der Waals surface area contributed by atoms with Gasteiger partial charge in [-0.05, 0) is 42.7 Å². The molecule has 1 unspecified atom stereocenters. The van der Waals surface area contributed by atoms with Crippen molar-refractivity contribution >= 4 is 21.6 Å². The molecule has 0 aromatic heterocycles. The molecule has 0 N–H and O–H groups in total. The zero-order valence-corrected chi connectivity index (χ0v) is 10.6. The van der Waals surface area contributed by atoms with E-state index in [1.165, 1.54) is 17.5 Å². The molecule has 1 aromatic carbocycles. The Morgan fingerprint density at radius 1 is 1.50 bits per heavy atom. The first kappa shape index (κ1) is 11.6. The van der Waals surface area contributed by atoms with Gasteiger partial charge in [0.05, 0.1) is 4.92 Å². The minimum Gasteiger partial charge on any atom is -0.258 e. The van der Waals surface area contributed by atoms with Gasteiger partial charge in [0, 0.05) is 17.5 Å². The van der Waals surface area contributed by atoms with Gasteiger partial charge in [0.2, 0.25) is 0 Å². The zero-order valence-electron chi connectivity index (χ0n) is 8.99. The van der Waals surface area contributed by atoms with Crippen LogP contribution in [0.3, 0.4) is 0 Å². The summed E-state index contributed by atoms with van der Waals surface area (Å²) in [6.45, 7) is 0. The van der Waals surface area contributed by atoms with Crippen molar-refractivity contribution in [3.05, 3.63) is 39.4 Å². The highest BCUT2D eigenvalue weighted by Gasteiger charge is 2.21. The smallest absolute Gasteiger partial charge is 0.258 e. The van der Waals surface area contributed by atoms with Crippen LogP contribution in [-0.2, 0) is 6.42 Å². The maximum atomic E-state index is 10.7. The van der Waals surface area contributed by atoms with Crippen molar-refractivity contribution in [1.82, 2.24) is 0 Å². The summed E-state index contributed by atoms with van der Waals surface area (Å²) in [5, 5.41) is 11.7. The highest BCUT2D eigenvalue weighted by Crippen LogP contribution is 2.35. The van der Waals surface area contributed by atoms with Crippen LogP contribution in [0.2, 0.25) is 0 Å².